The van der Waals surface area contributed by atoms with Gasteiger partial charge in [0.25, 0.3) is 5.70 Å². The summed E-state index contributed by atoms with van der Waals surface area (Å²) in [6, 6.07) is 6.93. The van der Waals surface area contributed by atoms with Gasteiger partial charge in [-0.2, -0.15) is 8.75 Å². The van der Waals surface area contributed by atoms with Gasteiger partial charge >= 0.3 is 0 Å². The summed E-state index contributed by atoms with van der Waals surface area (Å²) >= 11 is 1.02. The number of hydrogen-bond donors (Lipinski definition) is 0. The molecule has 0 N–H and O–H groups in total. The fourth-order valence-electron chi connectivity index (χ4n) is 3.16. The molecule has 0 spiro atoms. The van der Waals surface area contributed by atoms with E-state index in [0.29, 0.717) is 16.6 Å². The van der Waals surface area contributed by atoms with Gasteiger partial charge in [-0.1, -0.05) is 12.1 Å². The maximum Gasteiger partial charge on any atom is 0.270 e. The molecular weight excluding hydrogens is 382 g/mol. The number of nitrogens with zero attached hydrogens (tertiary/aromatic N) is 4. The van der Waals surface area contributed by atoms with Gasteiger partial charge in [0.2, 0.25) is 0 Å². The van der Waals surface area contributed by atoms with Crippen molar-refractivity contribution in [3.63, 3.8) is 0 Å². The number of Topliss-reactive ketones (excluding diaryl/α,β-unsaturated/α-hetero) is 1. The van der Waals surface area contributed by atoms with Crippen molar-refractivity contribution in [2.45, 2.75) is 6.92 Å². The highest BCUT2D eigenvalue weighted by Crippen LogP contribution is 2.41. The number of carbonyl (C=O) groups is 1. The molecule has 0 amide bonds. The minimum Gasteiger partial charge on any atom is -0.289 e. The molecule has 0 aliphatic heterocycles. The number of halogens is 2. The van der Waals surface area contributed by atoms with E-state index < -0.39 is 17.4 Å². The molecule has 1 aromatic heterocycles. The molecule has 3 aromatic rings. The van der Waals surface area contributed by atoms with Crippen molar-refractivity contribution in [1.29, 1.82) is 5.26 Å². The topological polar surface area (TPSA) is 71.0 Å². The summed E-state index contributed by atoms with van der Waals surface area (Å²) in [6.45, 7) is 9.13. The lowest BCUT2D eigenvalue weighted by molar-refractivity contribution is 0.104. The van der Waals surface area contributed by atoms with Crippen molar-refractivity contribution in [3.05, 3.63) is 80.8 Å². The summed E-state index contributed by atoms with van der Waals surface area (Å²) in [4.78, 5) is 16.1. The van der Waals surface area contributed by atoms with Crippen LogP contribution in [0, 0.1) is 36.5 Å². The Morgan fingerprint density at radius 1 is 1.21 bits per heavy atom. The maximum atomic E-state index is 13.8. The van der Waals surface area contributed by atoms with Gasteiger partial charge in [0.15, 0.2) is 17.4 Å². The van der Waals surface area contributed by atoms with Crippen LogP contribution in [0.1, 0.15) is 27.0 Å². The zero-order valence-electron chi connectivity index (χ0n) is 14.2. The Labute approximate surface area is 162 Å². The van der Waals surface area contributed by atoms with Gasteiger partial charge in [0.05, 0.1) is 24.4 Å². The lowest BCUT2D eigenvalue weighted by Gasteiger charge is -2.04. The lowest BCUT2D eigenvalue weighted by Crippen LogP contribution is -1.97. The Balaban J connectivity index is 2.04. The van der Waals surface area contributed by atoms with Crippen molar-refractivity contribution in [2.24, 2.45) is 0 Å². The summed E-state index contributed by atoms with van der Waals surface area (Å²) < 4.78 is 36.0. The van der Waals surface area contributed by atoms with Crippen molar-refractivity contribution in [2.75, 3.05) is 0 Å². The second-order valence-corrected chi connectivity index (χ2v) is 6.61. The first-order valence-corrected chi connectivity index (χ1v) is 8.69. The largest absolute Gasteiger partial charge is 0.289 e. The van der Waals surface area contributed by atoms with Gasteiger partial charge in [-0.25, -0.2) is 18.9 Å². The third-order valence-electron chi connectivity index (χ3n) is 4.49. The molecule has 2 aromatic carbocycles. The molecule has 0 saturated heterocycles. The fraction of sp³-hybridized carbons (Fsp3) is 0.0500. The summed E-state index contributed by atoms with van der Waals surface area (Å²) in [6.07, 6.45) is 1.49. The Morgan fingerprint density at radius 2 is 1.89 bits per heavy atom. The van der Waals surface area contributed by atoms with Crippen LogP contribution < -0.4 is 0 Å². The van der Waals surface area contributed by atoms with Crippen LogP contribution in [0.25, 0.3) is 27.5 Å². The number of aromatic nitrogens is 2. The molecule has 0 radical (unpaired) electrons. The highest BCUT2D eigenvalue weighted by atomic mass is 32.1. The highest BCUT2D eigenvalue weighted by Gasteiger charge is 2.34. The van der Waals surface area contributed by atoms with E-state index in [4.69, 9.17) is 6.57 Å². The zero-order chi connectivity index (χ0) is 20.0. The monoisotopic (exact) mass is 390 g/mol. The first-order chi connectivity index (χ1) is 13.5. The number of rotatable bonds is 1. The van der Waals surface area contributed by atoms with Crippen LogP contribution in [0.4, 0.5) is 8.78 Å². The number of carbonyl (C=O) groups excluding carboxylic acids is 1. The summed E-state index contributed by atoms with van der Waals surface area (Å²) in [7, 11) is 0. The number of benzene rings is 2. The molecule has 0 atom stereocenters. The molecule has 1 aliphatic carbocycles. The van der Waals surface area contributed by atoms with E-state index in [1.165, 1.54) is 6.08 Å². The minimum absolute atomic E-state index is 0.00619. The molecule has 5 nitrogen and oxygen atoms in total. The number of aryl methyl sites for hydroxylation is 1. The molecule has 0 bridgehead atoms. The standard InChI is InChI=1S/C20H8F2N4OS/c1-9-3-4-10(19-18(9)25-28-26-19)5-13-17(16(8-23)24-2)11-6-14(21)15(22)7-12(11)20(13)27/h3-7H,1H3/b13-5-,17-16-. The molecule has 8 heteroatoms. The van der Waals surface area contributed by atoms with Crippen LogP contribution >= 0.6 is 11.7 Å². The van der Waals surface area contributed by atoms with Gasteiger partial charge < -0.3 is 0 Å². The Hall–Kier alpha value is -3.75. The molecule has 1 heterocycles. The van der Waals surface area contributed by atoms with E-state index in [2.05, 4.69) is 13.6 Å². The van der Waals surface area contributed by atoms with Crippen molar-refractivity contribution in [3.8, 4) is 6.07 Å². The van der Waals surface area contributed by atoms with E-state index in [0.717, 1.165) is 29.4 Å². The average Bonchev–Trinajstić information content (AvgIpc) is 3.26. The number of hydrogen-bond acceptors (Lipinski definition) is 5. The zero-order valence-corrected chi connectivity index (χ0v) is 15.1. The second-order valence-electron chi connectivity index (χ2n) is 6.08. The molecule has 4 rings (SSSR count). The van der Waals surface area contributed by atoms with Crippen molar-refractivity contribution in [1.82, 2.24) is 8.75 Å². The smallest absolute Gasteiger partial charge is 0.270 e. The number of ketones is 1. The third kappa shape index (κ3) is 2.51. The van der Waals surface area contributed by atoms with E-state index in [-0.39, 0.29) is 28.0 Å². The van der Waals surface area contributed by atoms with Crippen molar-refractivity contribution >= 4 is 40.2 Å². The SMILES string of the molecule is [C-]#[N+]/C(C#N)=C1\C(=C\c2ccc(C)c3nsnc23)C(=O)c2cc(F)c(F)cc21. The first kappa shape index (κ1) is 17.7. The maximum absolute atomic E-state index is 13.8. The molecule has 28 heavy (non-hydrogen) atoms. The van der Waals surface area contributed by atoms with Crippen molar-refractivity contribution < 1.29 is 13.6 Å². The summed E-state index contributed by atoms with van der Waals surface area (Å²) in [5, 5.41) is 9.33. The van der Waals surface area contributed by atoms with Crippen LogP contribution in [0.5, 0.6) is 0 Å². The van der Waals surface area contributed by atoms with E-state index in [9.17, 15) is 18.8 Å². The second kappa shape index (κ2) is 6.45. The van der Waals surface area contributed by atoms with Gasteiger partial charge in [-0.3, -0.25) is 4.79 Å². The van der Waals surface area contributed by atoms with E-state index >= 15 is 0 Å². The predicted molar refractivity (Wildman–Crippen MR) is 100.0 cm³/mol. The van der Waals surface area contributed by atoms with E-state index in [1.54, 1.807) is 12.1 Å². The fourth-order valence-corrected chi connectivity index (χ4v) is 3.78. The quantitative estimate of drug-likeness (QED) is 0.343. The average molecular weight is 390 g/mol. The van der Waals surface area contributed by atoms with Crippen LogP contribution in [-0.2, 0) is 0 Å². The Kier molecular flexibility index (Phi) is 4.07. The van der Waals surface area contributed by atoms with Gasteiger partial charge in [-0.05, 0) is 36.3 Å². The molecule has 0 saturated carbocycles. The van der Waals surface area contributed by atoms with Crippen LogP contribution in [-0.4, -0.2) is 14.5 Å². The molecule has 0 unspecified atom stereocenters. The predicted octanol–water partition coefficient (Wildman–Crippen LogP) is 4.71. The third-order valence-corrected chi connectivity index (χ3v) is 5.02. The minimum atomic E-state index is -1.17. The summed E-state index contributed by atoms with van der Waals surface area (Å²) in [5.41, 5.74) is 2.30. The van der Waals surface area contributed by atoms with Gasteiger partial charge in [-0.15, -0.1) is 0 Å². The van der Waals surface area contributed by atoms with Crippen LogP contribution in [0.15, 0.2) is 35.5 Å². The normalized spacial score (nSPS) is 16.2. The number of allylic oxidation sites excluding steroid dienone is 3. The molecule has 1 aliphatic rings. The lowest BCUT2D eigenvalue weighted by atomic mass is 9.99. The van der Waals surface area contributed by atoms with Gasteiger partial charge in [0.1, 0.15) is 11.0 Å². The molecular formula is C20H8F2N4OS. The number of fused-ring (bicyclic) bond motifs is 2. The van der Waals surface area contributed by atoms with Gasteiger partial charge in [0, 0.05) is 22.3 Å². The number of nitriles is 1. The highest BCUT2D eigenvalue weighted by molar-refractivity contribution is 7.00. The molecule has 134 valence electrons. The Morgan fingerprint density at radius 3 is 2.57 bits per heavy atom. The molecule has 0 fully saturated rings. The Bertz CT molecular complexity index is 1320. The van der Waals surface area contributed by atoms with E-state index in [1.807, 2.05) is 13.0 Å². The first-order valence-electron chi connectivity index (χ1n) is 7.96. The summed E-state index contributed by atoms with van der Waals surface area (Å²) in [5.74, 6) is -2.92. The van der Waals surface area contributed by atoms with Crippen LogP contribution in [0.2, 0.25) is 0 Å². The van der Waals surface area contributed by atoms with Crippen LogP contribution in [0.3, 0.4) is 0 Å².